The molecule has 0 atom stereocenters. The van der Waals surface area contributed by atoms with E-state index in [9.17, 15) is 39.2 Å². The zero-order chi connectivity index (χ0) is 47.4. The van der Waals surface area contributed by atoms with Gasteiger partial charge in [0.25, 0.3) is 0 Å². The van der Waals surface area contributed by atoms with Crippen LogP contribution in [0.2, 0.25) is 0 Å². The smallest absolute Gasteiger partial charge is 0.345 e. The Morgan fingerprint density at radius 1 is 0.646 bits per heavy atom. The lowest BCUT2D eigenvalue weighted by Crippen LogP contribution is -2.14. The molecule has 0 saturated heterocycles. The number of anilines is 1. The lowest BCUT2D eigenvalue weighted by atomic mass is 10.0. The first-order valence-electron chi connectivity index (χ1n) is 21.6. The summed E-state index contributed by atoms with van der Waals surface area (Å²) < 4.78 is 26.6. The number of nitrogens with two attached hydrogens (primary N) is 1. The van der Waals surface area contributed by atoms with E-state index in [0.717, 1.165) is 94.4 Å². The third-order valence-electron chi connectivity index (χ3n) is 9.74. The Bertz CT molecular complexity index is 2170. The van der Waals surface area contributed by atoms with E-state index in [4.69, 9.17) is 34.5 Å². The van der Waals surface area contributed by atoms with Crippen LogP contribution in [0.25, 0.3) is 0 Å². The van der Waals surface area contributed by atoms with Gasteiger partial charge in [0.2, 0.25) is 0 Å². The molecular weight excluding hydrogens is 841 g/mol. The summed E-state index contributed by atoms with van der Waals surface area (Å²) in [6, 6.07) is 20.9. The predicted molar refractivity (Wildman–Crippen MR) is 243 cm³/mol. The van der Waals surface area contributed by atoms with Crippen molar-refractivity contribution in [3.05, 3.63) is 136 Å². The molecule has 16 heteroatoms. The van der Waals surface area contributed by atoms with Crippen molar-refractivity contribution in [1.82, 2.24) is 0 Å². The van der Waals surface area contributed by atoms with Crippen molar-refractivity contribution >= 4 is 41.2 Å². The molecule has 0 amide bonds. The number of unbranched alkanes of at least 4 members (excludes halogenated alkanes) is 11. The van der Waals surface area contributed by atoms with Crippen molar-refractivity contribution in [2.24, 2.45) is 0 Å². The van der Waals surface area contributed by atoms with Gasteiger partial charge in [-0.05, 0) is 67.3 Å². The van der Waals surface area contributed by atoms with Crippen LogP contribution in [-0.4, -0.2) is 64.8 Å². The number of nitro benzene ring substituents is 1. The van der Waals surface area contributed by atoms with E-state index in [2.05, 4.69) is 13.5 Å². The van der Waals surface area contributed by atoms with Gasteiger partial charge in [0.15, 0.2) is 5.75 Å². The number of benzene rings is 4. The second-order valence-electron chi connectivity index (χ2n) is 14.8. The normalized spacial score (nSPS) is 10.4. The van der Waals surface area contributed by atoms with Crippen molar-refractivity contribution in [1.29, 1.82) is 0 Å². The SMILES string of the molecule is C=CC(=O)OCCCCCCCCCOc1ccccc1.CCCCCCCCOc1cc(N)c(C(=O)Oc2ccc(COC(=O)c3cc(C(=O)O)ccc3C(=O)O)cc2)cc1[N+](=O)[O-]. The summed E-state index contributed by atoms with van der Waals surface area (Å²) >= 11 is 0. The summed E-state index contributed by atoms with van der Waals surface area (Å²) in [5.41, 5.74) is 4.61. The second-order valence-corrected chi connectivity index (χ2v) is 14.8. The highest BCUT2D eigenvalue weighted by molar-refractivity contribution is 6.04. The summed E-state index contributed by atoms with van der Waals surface area (Å²) in [5.74, 6) is -4.10. The van der Waals surface area contributed by atoms with Crippen molar-refractivity contribution in [3.63, 3.8) is 0 Å². The first-order valence-corrected chi connectivity index (χ1v) is 21.6. The third-order valence-corrected chi connectivity index (χ3v) is 9.74. The minimum absolute atomic E-state index is 0.0401. The molecule has 0 aliphatic heterocycles. The molecule has 4 aromatic carbocycles. The average molecular weight is 899 g/mol. The Morgan fingerprint density at radius 3 is 1.83 bits per heavy atom. The number of esters is 3. The van der Waals surface area contributed by atoms with Gasteiger partial charge in [-0.15, -0.1) is 0 Å². The van der Waals surface area contributed by atoms with Crippen molar-refractivity contribution in [2.75, 3.05) is 25.6 Å². The van der Waals surface area contributed by atoms with Crippen molar-refractivity contribution in [2.45, 2.75) is 97.0 Å². The first kappa shape index (κ1) is 52.1. The van der Waals surface area contributed by atoms with Gasteiger partial charge >= 0.3 is 35.5 Å². The summed E-state index contributed by atoms with van der Waals surface area (Å²) in [5, 5.41) is 30.1. The second kappa shape index (κ2) is 29.2. The molecule has 0 spiro atoms. The number of nitro groups is 1. The molecule has 4 rings (SSSR count). The zero-order valence-electron chi connectivity index (χ0n) is 36.7. The van der Waals surface area contributed by atoms with Crippen LogP contribution in [-0.2, 0) is 20.9 Å². The topological polar surface area (TPSA) is 241 Å². The number of hydrogen-bond acceptors (Lipinski definition) is 13. The number of carbonyl (C=O) groups excluding carboxylic acids is 3. The Morgan fingerprint density at radius 2 is 1.25 bits per heavy atom. The van der Waals surface area contributed by atoms with E-state index in [1.165, 1.54) is 62.1 Å². The lowest BCUT2D eigenvalue weighted by Gasteiger charge is -2.11. The van der Waals surface area contributed by atoms with Crippen LogP contribution < -0.4 is 19.9 Å². The minimum Gasteiger partial charge on any atom is -0.494 e. The molecule has 0 bridgehead atoms. The van der Waals surface area contributed by atoms with E-state index >= 15 is 0 Å². The number of para-hydroxylation sites is 1. The molecule has 0 fully saturated rings. The van der Waals surface area contributed by atoms with Gasteiger partial charge in [-0.1, -0.05) is 108 Å². The Kier molecular flexibility index (Phi) is 23.4. The summed E-state index contributed by atoms with van der Waals surface area (Å²) in [7, 11) is 0. The maximum atomic E-state index is 12.8. The lowest BCUT2D eigenvalue weighted by molar-refractivity contribution is -0.385. The minimum atomic E-state index is -1.43. The standard InChI is InChI=1S/C31H32N2O11.C18H26O3/c1-2-3-4-5-6-7-14-42-27-17-25(32)24(16-26(27)33(40)41)31(39)44-21-11-8-19(9-12-21)18-43-30(38)23-15-20(28(34)35)10-13-22(23)29(36)37;1-2-18(19)21-16-12-7-5-3-4-6-11-15-20-17-13-9-8-10-14-17/h8-13,15-17H,2-7,14,18,32H2,1H3,(H,34,35)(H,36,37);2,8-10,13-14H,1,3-7,11-12,15-16H2. The Hall–Kier alpha value is -7.23. The largest absolute Gasteiger partial charge is 0.494 e. The fourth-order valence-corrected chi connectivity index (χ4v) is 6.19. The summed E-state index contributed by atoms with van der Waals surface area (Å²) in [6.45, 7) is 6.76. The number of ether oxygens (including phenoxy) is 5. The van der Waals surface area contributed by atoms with Crippen LogP contribution in [0.4, 0.5) is 11.4 Å². The number of rotatable bonds is 28. The Labute approximate surface area is 378 Å². The van der Waals surface area contributed by atoms with Crippen LogP contribution in [0.15, 0.2) is 97.6 Å². The van der Waals surface area contributed by atoms with Gasteiger partial charge in [0.1, 0.15) is 18.1 Å². The third kappa shape index (κ3) is 19.4. The van der Waals surface area contributed by atoms with Crippen LogP contribution in [0.5, 0.6) is 17.2 Å². The number of aromatic carboxylic acids is 2. The fourth-order valence-electron chi connectivity index (χ4n) is 6.19. The highest BCUT2D eigenvalue weighted by atomic mass is 16.6. The molecule has 0 aliphatic rings. The molecule has 4 N–H and O–H groups in total. The molecule has 0 aliphatic carbocycles. The number of carboxylic acids is 2. The van der Waals surface area contributed by atoms with Gasteiger partial charge in [-0.3, -0.25) is 10.1 Å². The van der Waals surface area contributed by atoms with Crippen LogP contribution in [0.3, 0.4) is 0 Å². The number of carboxylic acid groups (broad SMARTS) is 2. The molecule has 348 valence electrons. The first-order chi connectivity index (χ1) is 31.3. The van der Waals surface area contributed by atoms with Crippen LogP contribution in [0, 0.1) is 10.1 Å². The number of nitrogens with zero attached hydrogens (tertiary/aromatic N) is 1. The van der Waals surface area contributed by atoms with E-state index in [0.29, 0.717) is 12.2 Å². The monoisotopic (exact) mass is 898 g/mol. The number of carbonyl (C=O) groups is 5. The highest BCUT2D eigenvalue weighted by Crippen LogP contribution is 2.33. The van der Waals surface area contributed by atoms with E-state index in [-0.39, 0.29) is 47.5 Å². The van der Waals surface area contributed by atoms with Gasteiger partial charge in [-0.25, -0.2) is 24.0 Å². The molecule has 65 heavy (non-hydrogen) atoms. The molecule has 0 aromatic heterocycles. The van der Waals surface area contributed by atoms with Crippen molar-refractivity contribution in [3.8, 4) is 17.2 Å². The van der Waals surface area contributed by atoms with Crippen molar-refractivity contribution < 1.29 is 62.8 Å². The maximum Gasteiger partial charge on any atom is 0.345 e. The average Bonchev–Trinajstić information content (AvgIpc) is 3.30. The number of hydrogen-bond donors (Lipinski definition) is 3. The Balaban J connectivity index is 0.000000447. The quantitative estimate of drug-likeness (QED) is 0.00913. The zero-order valence-corrected chi connectivity index (χ0v) is 36.7. The summed E-state index contributed by atoms with van der Waals surface area (Å²) in [6.07, 6.45) is 15.4. The van der Waals surface area contributed by atoms with E-state index in [1.807, 2.05) is 30.3 Å². The van der Waals surface area contributed by atoms with E-state index in [1.54, 1.807) is 0 Å². The van der Waals surface area contributed by atoms with Gasteiger partial charge in [0, 0.05) is 18.2 Å². The summed E-state index contributed by atoms with van der Waals surface area (Å²) in [4.78, 5) is 69.8. The molecule has 0 radical (unpaired) electrons. The molecular formula is C49H58N2O14. The van der Waals surface area contributed by atoms with E-state index < -0.39 is 45.6 Å². The van der Waals surface area contributed by atoms with Gasteiger partial charge in [-0.2, -0.15) is 0 Å². The maximum absolute atomic E-state index is 12.8. The van der Waals surface area contributed by atoms with Crippen LogP contribution in [0.1, 0.15) is 137 Å². The fraction of sp³-hybridized carbons (Fsp3) is 0.367. The molecule has 0 saturated carbocycles. The van der Waals surface area contributed by atoms with Crippen LogP contribution >= 0.6 is 0 Å². The predicted octanol–water partition coefficient (Wildman–Crippen LogP) is 10.4. The molecule has 4 aromatic rings. The molecule has 16 nitrogen and oxygen atoms in total. The highest BCUT2D eigenvalue weighted by Gasteiger charge is 2.24. The van der Waals surface area contributed by atoms with Gasteiger partial charge in [0.05, 0.1) is 52.7 Å². The number of nitrogen functional groups attached to an aromatic ring is 1. The molecule has 0 heterocycles. The molecule has 0 unspecified atom stereocenters. The van der Waals surface area contributed by atoms with Gasteiger partial charge < -0.3 is 39.6 Å².